The van der Waals surface area contributed by atoms with Crippen molar-refractivity contribution in [2.75, 3.05) is 16.8 Å². The average molecular weight is 394 g/mol. The standard InChI is InChI=1S/C17H18N2O5S2/c1-25(20,21)19-16-11-7-6-10-14(16)15(18-24-26(2,22)23)12-17(19)13-8-4-3-5-9-13/h3-11,17H,12H2,1-2H3/b18-15+. The van der Waals surface area contributed by atoms with Gasteiger partial charge in [0.1, 0.15) is 0 Å². The fourth-order valence-corrected chi connectivity index (χ4v) is 4.39. The first kappa shape index (κ1) is 18.4. The number of benzene rings is 2. The van der Waals surface area contributed by atoms with Gasteiger partial charge in [-0.2, -0.15) is 8.42 Å². The van der Waals surface area contributed by atoms with Gasteiger partial charge in [-0.05, 0) is 11.6 Å². The Morgan fingerprint density at radius 3 is 2.19 bits per heavy atom. The summed E-state index contributed by atoms with van der Waals surface area (Å²) in [6.45, 7) is 0. The van der Waals surface area contributed by atoms with E-state index in [1.54, 1.807) is 24.3 Å². The van der Waals surface area contributed by atoms with Gasteiger partial charge in [-0.3, -0.25) is 8.59 Å². The zero-order valence-electron chi connectivity index (χ0n) is 14.2. The first-order chi connectivity index (χ1) is 12.2. The number of hydrogen-bond acceptors (Lipinski definition) is 6. The second-order valence-electron chi connectivity index (χ2n) is 6.02. The first-order valence-electron chi connectivity index (χ1n) is 7.76. The zero-order valence-corrected chi connectivity index (χ0v) is 15.9. The monoisotopic (exact) mass is 394 g/mol. The van der Waals surface area contributed by atoms with E-state index in [1.807, 2.05) is 30.3 Å². The van der Waals surface area contributed by atoms with Crippen molar-refractivity contribution in [1.82, 2.24) is 0 Å². The Kier molecular flexibility index (Phi) is 4.76. The molecule has 0 aliphatic carbocycles. The summed E-state index contributed by atoms with van der Waals surface area (Å²) >= 11 is 0. The van der Waals surface area contributed by atoms with Crippen LogP contribution in [0, 0.1) is 0 Å². The van der Waals surface area contributed by atoms with E-state index in [2.05, 4.69) is 9.44 Å². The van der Waals surface area contributed by atoms with Gasteiger partial charge in [-0.1, -0.05) is 53.7 Å². The predicted octanol–water partition coefficient (Wildman–Crippen LogP) is 2.28. The number of oxime groups is 1. The Bertz CT molecular complexity index is 1050. The molecule has 0 radical (unpaired) electrons. The number of sulfonamides is 1. The van der Waals surface area contributed by atoms with Crippen LogP contribution in [0.2, 0.25) is 0 Å². The van der Waals surface area contributed by atoms with Crippen molar-refractivity contribution < 1.29 is 21.1 Å². The van der Waals surface area contributed by atoms with E-state index in [0.29, 0.717) is 17.0 Å². The highest BCUT2D eigenvalue weighted by Crippen LogP contribution is 2.40. The molecule has 7 nitrogen and oxygen atoms in total. The van der Waals surface area contributed by atoms with Crippen molar-refractivity contribution in [3.05, 3.63) is 65.7 Å². The van der Waals surface area contributed by atoms with Gasteiger partial charge in [0.25, 0.3) is 0 Å². The molecule has 0 spiro atoms. The largest absolute Gasteiger partial charge is 0.325 e. The number of rotatable bonds is 4. The van der Waals surface area contributed by atoms with Crippen LogP contribution in [-0.2, 0) is 24.4 Å². The van der Waals surface area contributed by atoms with Gasteiger partial charge in [-0.15, -0.1) is 0 Å². The highest BCUT2D eigenvalue weighted by atomic mass is 32.2. The highest BCUT2D eigenvalue weighted by molar-refractivity contribution is 7.92. The molecule has 1 atom stereocenters. The topological polar surface area (TPSA) is 93.1 Å². The summed E-state index contributed by atoms with van der Waals surface area (Å²) < 4.78 is 53.6. The lowest BCUT2D eigenvalue weighted by atomic mass is 9.92. The smallest absolute Gasteiger partial charge is 0.268 e. The average Bonchev–Trinajstić information content (AvgIpc) is 2.58. The number of fused-ring (bicyclic) bond motifs is 1. The quantitative estimate of drug-likeness (QED) is 0.742. The number of nitrogens with zero attached hydrogens (tertiary/aromatic N) is 2. The van der Waals surface area contributed by atoms with Crippen LogP contribution in [0.1, 0.15) is 23.6 Å². The summed E-state index contributed by atoms with van der Waals surface area (Å²) in [5, 5.41) is 3.80. The van der Waals surface area contributed by atoms with Crippen molar-refractivity contribution >= 4 is 31.5 Å². The normalized spacial score (nSPS) is 19.2. The summed E-state index contributed by atoms with van der Waals surface area (Å²) in [5.41, 5.74) is 2.11. The van der Waals surface area contributed by atoms with E-state index in [4.69, 9.17) is 0 Å². The van der Waals surface area contributed by atoms with Crippen LogP contribution < -0.4 is 4.31 Å². The predicted molar refractivity (Wildman–Crippen MR) is 100 cm³/mol. The molecular formula is C17H18N2O5S2. The lowest BCUT2D eigenvalue weighted by Crippen LogP contribution is -2.39. The first-order valence-corrected chi connectivity index (χ1v) is 11.4. The van der Waals surface area contributed by atoms with Gasteiger partial charge in [0, 0.05) is 12.0 Å². The van der Waals surface area contributed by atoms with Crippen molar-refractivity contribution in [3.63, 3.8) is 0 Å². The maximum Gasteiger partial charge on any atom is 0.325 e. The summed E-state index contributed by atoms with van der Waals surface area (Å²) in [7, 11) is -7.35. The lowest BCUT2D eigenvalue weighted by Gasteiger charge is -2.37. The molecule has 0 bridgehead atoms. The fourth-order valence-electron chi connectivity index (χ4n) is 2.99. The molecule has 3 rings (SSSR count). The summed E-state index contributed by atoms with van der Waals surface area (Å²) in [6.07, 6.45) is 2.24. The molecule has 9 heteroatoms. The van der Waals surface area contributed by atoms with Gasteiger partial charge in [-0.25, -0.2) is 8.42 Å². The molecular weight excluding hydrogens is 376 g/mol. The van der Waals surface area contributed by atoms with Gasteiger partial charge in [0.15, 0.2) is 0 Å². The molecule has 26 heavy (non-hydrogen) atoms. The maximum atomic E-state index is 12.5. The van der Waals surface area contributed by atoms with Crippen LogP contribution in [0.25, 0.3) is 0 Å². The van der Waals surface area contributed by atoms with Crippen molar-refractivity contribution in [1.29, 1.82) is 0 Å². The molecule has 1 heterocycles. The molecule has 2 aromatic carbocycles. The van der Waals surface area contributed by atoms with Gasteiger partial charge >= 0.3 is 10.1 Å². The summed E-state index contributed by atoms with van der Waals surface area (Å²) in [6, 6.07) is 15.4. The van der Waals surface area contributed by atoms with E-state index in [1.165, 1.54) is 4.31 Å². The van der Waals surface area contributed by atoms with E-state index in [9.17, 15) is 16.8 Å². The van der Waals surface area contributed by atoms with E-state index in [0.717, 1.165) is 18.1 Å². The van der Waals surface area contributed by atoms with Crippen molar-refractivity contribution in [2.45, 2.75) is 12.5 Å². The number of para-hydroxylation sites is 1. The van der Waals surface area contributed by atoms with Crippen molar-refractivity contribution in [3.8, 4) is 0 Å². The Morgan fingerprint density at radius 2 is 1.58 bits per heavy atom. The Morgan fingerprint density at radius 1 is 0.962 bits per heavy atom. The minimum atomic E-state index is -3.77. The molecule has 0 amide bonds. The third-order valence-electron chi connectivity index (χ3n) is 3.95. The van der Waals surface area contributed by atoms with Crippen LogP contribution in [0.4, 0.5) is 5.69 Å². The number of anilines is 1. The Labute approximate surface area is 153 Å². The minimum absolute atomic E-state index is 0.184. The second kappa shape index (κ2) is 6.73. The third kappa shape index (κ3) is 3.88. The van der Waals surface area contributed by atoms with Crippen LogP contribution >= 0.6 is 0 Å². The van der Waals surface area contributed by atoms with Gasteiger partial charge < -0.3 is 0 Å². The second-order valence-corrected chi connectivity index (χ2v) is 9.44. The lowest BCUT2D eigenvalue weighted by molar-refractivity contribution is 0.341. The third-order valence-corrected chi connectivity index (χ3v) is 5.46. The van der Waals surface area contributed by atoms with Crippen molar-refractivity contribution in [2.24, 2.45) is 5.16 Å². The molecule has 0 saturated carbocycles. The molecule has 1 aliphatic heterocycles. The van der Waals surface area contributed by atoms with E-state index in [-0.39, 0.29) is 6.42 Å². The van der Waals surface area contributed by atoms with Gasteiger partial charge in [0.05, 0.1) is 30.0 Å². The number of hydrogen-bond donors (Lipinski definition) is 0. The van der Waals surface area contributed by atoms with E-state index >= 15 is 0 Å². The van der Waals surface area contributed by atoms with Gasteiger partial charge in [0.2, 0.25) is 10.0 Å². The minimum Gasteiger partial charge on any atom is -0.268 e. The fraction of sp³-hybridized carbons (Fsp3) is 0.235. The van der Waals surface area contributed by atoms with Crippen LogP contribution in [0.5, 0.6) is 0 Å². The van der Waals surface area contributed by atoms with Crippen LogP contribution in [0.15, 0.2) is 59.8 Å². The van der Waals surface area contributed by atoms with E-state index < -0.39 is 26.2 Å². The molecule has 0 saturated heterocycles. The van der Waals surface area contributed by atoms with Crippen LogP contribution in [-0.4, -0.2) is 35.1 Å². The SMILES string of the molecule is CS(=O)(=O)O/N=C1\CC(c2ccccc2)N(S(C)(=O)=O)c2ccccc21. The molecule has 0 fully saturated rings. The Balaban J connectivity index is 2.20. The summed E-state index contributed by atoms with van der Waals surface area (Å²) in [4.78, 5) is 0. The Hall–Kier alpha value is -2.39. The molecule has 0 aromatic heterocycles. The summed E-state index contributed by atoms with van der Waals surface area (Å²) in [5.74, 6) is 0. The molecule has 138 valence electrons. The maximum absolute atomic E-state index is 12.5. The van der Waals surface area contributed by atoms with Crippen LogP contribution in [0.3, 0.4) is 0 Å². The molecule has 2 aromatic rings. The molecule has 1 unspecified atom stereocenters. The zero-order chi connectivity index (χ0) is 18.9. The molecule has 0 N–H and O–H groups in total. The highest BCUT2D eigenvalue weighted by Gasteiger charge is 2.36. The molecule has 1 aliphatic rings.